The summed E-state index contributed by atoms with van der Waals surface area (Å²) in [5.41, 5.74) is 0. The van der Waals surface area contributed by atoms with Crippen LogP contribution in [0, 0.1) is 11.8 Å². The summed E-state index contributed by atoms with van der Waals surface area (Å²) < 4.78 is 60.1. The number of unbranched alkanes of at least 4 members (excludes halogenated alkanes) is 8. The molecular weight excluding hydrogens is 279 g/mol. The fourth-order valence-electron chi connectivity index (χ4n) is 1.63. The molecule has 0 saturated carbocycles. The van der Waals surface area contributed by atoms with Crippen molar-refractivity contribution >= 4 is 0 Å². The van der Waals surface area contributed by atoms with Gasteiger partial charge in [0.25, 0.3) is 0 Å². The molecular formula is C14H21F5O. The Bertz CT molecular complexity index is 301. The van der Waals surface area contributed by atoms with Gasteiger partial charge in [0.2, 0.25) is 0 Å². The van der Waals surface area contributed by atoms with Crippen LogP contribution in [0.2, 0.25) is 0 Å². The maximum absolute atomic E-state index is 12.4. The second-order valence-electron chi connectivity index (χ2n) is 4.68. The Morgan fingerprint density at radius 1 is 0.700 bits per heavy atom. The second kappa shape index (κ2) is 9.98. The molecule has 0 aliphatic rings. The van der Waals surface area contributed by atoms with Crippen LogP contribution in [0.15, 0.2) is 0 Å². The van der Waals surface area contributed by atoms with E-state index < -0.39 is 12.1 Å². The van der Waals surface area contributed by atoms with Gasteiger partial charge in [-0.1, -0.05) is 44.4 Å². The number of hydrogen-bond acceptors (Lipinski definition) is 1. The molecule has 0 rings (SSSR count). The highest BCUT2D eigenvalue weighted by Crippen LogP contribution is 2.34. The van der Waals surface area contributed by atoms with Gasteiger partial charge in [0, 0.05) is 13.0 Å². The van der Waals surface area contributed by atoms with Gasteiger partial charge in [0.1, 0.15) is 0 Å². The molecule has 118 valence electrons. The molecule has 0 saturated heterocycles. The number of aliphatic hydroxyl groups is 1. The lowest BCUT2D eigenvalue weighted by Crippen LogP contribution is -2.34. The minimum atomic E-state index is -5.59. The first-order chi connectivity index (χ1) is 9.31. The summed E-state index contributed by atoms with van der Waals surface area (Å²) in [6.45, 7) is 0.210. The zero-order valence-corrected chi connectivity index (χ0v) is 11.4. The zero-order valence-electron chi connectivity index (χ0n) is 11.4. The van der Waals surface area contributed by atoms with E-state index in [2.05, 4.69) is 0 Å². The summed E-state index contributed by atoms with van der Waals surface area (Å²) in [4.78, 5) is 0. The molecule has 1 nitrogen and oxygen atoms in total. The molecule has 0 atom stereocenters. The first-order valence-electron chi connectivity index (χ1n) is 6.86. The molecule has 0 spiro atoms. The van der Waals surface area contributed by atoms with Crippen LogP contribution >= 0.6 is 0 Å². The summed E-state index contributed by atoms with van der Waals surface area (Å²) in [7, 11) is 0. The van der Waals surface area contributed by atoms with Crippen LogP contribution in [0.1, 0.15) is 57.8 Å². The van der Waals surface area contributed by atoms with Gasteiger partial charge in [0.05, 0.1) is 0 Å². The number of aliphatic hydroxyl groups excluding tert-OH is 1. The minimum Gasteiger partial charge on any atom is -0.396 e. The lowest BCUT2D eigenvalue weighted by atomic mass is 10.1. The lowest BCUT2D eigenvalue weighted by molar-refractivity contribution is -0.254. The van der Waals surface area contributed by atoms with Crippen molar-refractivity contribution in [3.8, 4) is 11.8 Å². The highest BCUT2D eigenvalue weighted by molar-refractivity contribution is 5.12. The van der Waals surface area contributed by atoms with Gasteiger partial charge < -0.3 is 5.11 Å². The molecule has 0 unspecified atom stereocenters. The first-order valence-corrected chi connectivity index (χ1v) is 6.86. The molecule has 6 heteroatoms. The third-order valence-electron chi connectivity index (χ3n) is 2.81. The van der Waals surface area contributed by atoms with Gasteiger partial charge in [0.15, 0.2) is 0 Å². The molecule has 0 amide bonds. The summed E-state index contributed by atoms with van der Waals surface area (Å²) in [5, 5.41) is 8.56. The quantitative estimate of drug-likeness (QED) is 0.372. The van der Waals surface area contributed by atoms with Crippen molar-refractivity contribution in [1.29, 1.82) is 0 Å². The second-order valence-corrected chi connectivity index (χ2v) is 4.68. The number of alkyl halides is 5. The molecule has 0 aromatic carbocycles. The van der Waals surface area contributed by atoms with E-state index >= 15 is 0 Å². The van der Waals surface area contributed by atoms with E-state index in [1.54, 1.807) is 0 Å². The lowest BCUT2D eigenvalue weighted by Gasteiger charge is -2.12. The molecule has 20 heavy (non-hydrogen) atoms. The van der Waals surface area contributed by atoms with Crippen molar-refractivity contribution in [2.75, 3.05) is 6.61 Å². The molecule has 0 heterocycles. The standard InChI is InChI=1S/C14H21F5O/c15-13(16,14(17,18)19)11-9-7-5-3-1-2-4-6-8-10-12-20/h20H,1-8,10,12H2. The van der Waals surface area contributed by atoms with Crippen molar-refractivity contribution in [3.63, 3.8) is 0 Å². The Kier molecular flexibility index (Phi) is 9.56. The molecule has 0 fully saturated rings. The third-order valence-corrected chi connectivity index (χ3v) is 2.81. The Morgan fingerprint density at radius 3 is 1.60 bits per heavy atom. The highest BCUT2D eigenvalue weighted by Gasteiger charge is 2.56. The summed E-state index contributed by atoms with van der Waals surface area (Å²) >= 11 is 0. The summed E-state index contributed by atoms with van der Waals surface area (Å²) in [5.74, 6) is -2.01. The number of rotatable bonds is 9. The van der Waals surface area contributed by atoms with Gasteiger partial charge in [-0.25, -0.2) is 0 Å². The highest BCUT2D eigenvalue weighted by atomic mass is 19.4. The predicted octanol–water partition coefficient (Wildman–Crippen LogP) is 4.69. The average molecular weight is 300 g/mol. The Balaban J connectivity index is 3.55. The maximum atomic E-state index is 12.4. The largest absolute Gasteiger partial charge is 0.466 e. The molecule has 1 N–H and O–H groups in total. The monoisotopic (exact) mass is 300 g/mol. The third kappa shape index (κ3) is 9.13. The van der Waals surface area contributed by atoms with Gasteiger partial charge in [-0.2, -0.15) is 22.0 Å². The van der Waals surface area contributed by atoms with Crippen molar-refractivity contribution < 1.29 is 27.1 Å². The fraction of sp³-hybridized carbons (Fsp3) is 0.857. The van der Waals surface area contributed by atoms with Gasteiger partial charge in [-0.05, 0) is 18.8 Å². The van der Waals surface area contributed by atoms with Crippen LogP contribution in [-0.4, -0.2) is 23.8 Å². The number of hydrogen-bond donors (Lipinski definition) is 1. The molecule has 0 aliphatic carbocycles. The Hall–Kier alpha value is -0.830. The van der Waals surface area contributed by atoms with Crippen LogP contribution in [0.4, 0.5) is 22.0 Å². The van der Waals surface area contributed by atoms with Crippen molar-refractivity contribution in [2.45, 2.75) is 69.9 Å². The summed E-state index contributed by atoms with van der Waals surface area (Å²) in [6, 6.07) is 0. The van der Waals surface area contributed by atoms with E-state index in [4.69, 9.17) is 5.11 Å². The van der Waals surface area contributed by atoms with Crippen molar-refractivity contribution in [1.82, 2.24) is 0 Å². The first kappa shape index (κ1) is 19.2. The van der Waals surface area contributed by atoms with E-state index in [0.29, 0.717) is 6.42 Å². The van der Waals surface area contributed by atoms with Gasteiger partial charge in [-0.15, -0.1) is 0 Å². The molecule has 0 aromatic rings. The maximum Gasteiger partial charge on any atom is 0.466 e. The van der Waals surface area contributed by atoms with Crippen LogP contribution in [0.25, 0.3) is 0 Å². The van der Waals surface area contributed by atoms with E-state index in [1.807, 2.05) is 5.92 Å². The molecule has 0 bridgehead atoms. The topological polar surface area (TPSA) is 20.2 Å². The van der Waals surface area contributed by atoms with Gasteiger partial charge >= 0.3 is 12.1 Å². The van der Waals surface area contributed by atoms with Crippen LogP contribution < -0.4 is 0 Å². The van der Waals surface area contributed by atoms with Crippen LogP contribution in [-0.2, 0) is 0 Å². The number of halogens is 5. The molecule has 0 aliphatic heterocycles. The molecule has 0 radical (unpaired) electrons. The van der Waals surface area contributed by atoms with Gasteiger partial charge in [-0.3, -0.25) is 0 Å². The normalized spacial score (nSPS) is 12.1. The SMILES string of the molecule is OCCCCCCCCCCC#CC(F)(F)C(F)(F)F. The summed E-state index contributed by atoms with van der Waals surface area (Å²) in [6.07, 6.45) is 1.65. The minimum absolute atomic E-state index is 0.0657. The van der Waals surface area contributed by atoms with Crippen molar-refractivity contribution in [3.05, 3.63) is 0 Å². The predicted molar refractivity (Wildman–Crippen MR) is 67.4 cm³/mol. The van der Waals surface area contributed by atoms with E-state index in [9.17, 15) is 22.0 Å². The zero-order chi connectivity index (χ0) is 15.5. The van der Waals surface area contributed by atoms with E-state index in [0.717, 1.165) is 50.9 Å². The fourth-order valence-corrected chi connectivity index (χ4v) is 1.63. The average Bonchev–Trinajstić information content (AvgIpc) is 2.34. The van der Waals surface area contributed by atoms with Crippen LogP contribution in [0.5, 0.6) is 0 Å². The van der Waals surface area contributed by atoms with Crippen LogP contribution in [0.3, 0.4) is 0 Å². The smallest absolute Gasteiger partial charge is 0.396 e. The van der Waals surface area contributed by atoms with E-state index in [-0.39, 0.29) is 13.0 Å². The van der Waals surface area contributed by atoms with E-state index in [1.165, 1.54) is 0 Å². The molecule has 0 aromatic heterocycles. The van der Waals surface area contributed by atoms with Crippen molar-refractivity contribution in [2.24, 2.45) is 0 Å². The Morgan fingerprint density at radius 2 is 1.15 bits per heavy atom. The Labute approximate surface area is 116 Å².